The summed E-state index contributed by atoms with van der Waals surface area (Å²) >= 11 is 0. The van der Waals surface area contributed by atoms with Crippen LogP contribution < -0.4 is 11.3 Å². The van der Waals surface area contributed by atoms with Gasteiger partial charge in [-0.2, -0.15) is 0 Å². The zero-order valence-electron chi connectivity index (χ0n) is 15.2. The first-order chi connectivity index (χ1) is 12.9. The van der Waals surface area contributed by atoms with E-state index < -0.39 is 11.6 Å². The predicted molar refractivity (Wildman–Crippen MR) is 98.9 cm³/mol. The second-order valence-electron chi connectivity index (χ2n) is 7.01. The predicted octanol–water partition coefficient (Wildman–Crippen LogP) is 1.66. The van der Waals surface area contributed by atoms with Gasteiger partial charge in [-0.1, -0.05) is 13.0 Å². The van der Waals surface area contributed by atoms with E-state index in [0.29, 0.717) is 34.7 Å². The van der Waals surface area contributed by atoms with E-state index in [2.05, 4.69) is 0 Å². The molecule has 4 heterocycles. The number of nitrogens with zero attached hydrogens (tertiary/aromatic N) is 2. The summed E-state index contributed by atoms with van der Waals surface area (Å²) in [7, 11) is 0. The number of aromatic nitrogens is 2. The maximum atomic E-state index is 13.1. The molecule has 8 heteroatoms. The summed E-state index contributed by atoms with van der Waals surface area (Å²) in [4.78, 5) is 29.9. The number of esters is 1. The second-order valence-corrected chi connectivity index (χ2v) is 7.01. The first-order valence-corrected chi connectivity index (χ1v) is 8.79. The van der Waals surface area contributed by atoms with E-state index in [1.165, 1.54) is 0 Å². The van der Waals surface area contributed by atoms with Gasteiger partial charge in [0.1, 0.15) is 6.61 Å². The third kappa shape index (κ3) is 2.51. The molecule has 1 radical (unpaired) electrons. The molecular weight excluding hydrogens is 573 g/mol. The zero-order chi connectivity index (χ0) is 18.9. The van der Waals surface area contributed by atoms with Crippen LogP contribution in [0.25, 0.3) is 22.3 Å². The summed E-state index contributed by atoms with van der Waals surface area (Å²) in [6.45, 7) is 1.92. The molecule has 28 heavy (non-hydrogen) atoms. The van der Waals surface area contributed by atoms with Crippen LogP contribution in [0.4, 0.5) is 5.69 Å². The fourth-order valence-electron chi connectivity index (χ4n) is 4.03. The number of rotatable bonds is 1. The molecule has 1 unspecified atom stereocenters. The van der Waals surface area contributed by atoms with Crippen molar-refractivity contribution in [3.8, 4) is 11.4 Å². The molecule has 1 atom stereocenters. The van der Waals surface area contributed by atoms with Crippen LogP contribution in [-0.2, 0) is 28.3 Å². The monoisotopic (exact) mass is 590 g/mol. The molecule has 7 nitrogen and oxygen atoms in total. The standard InChI is InChI=1S/C20H17N3O4.Ac/c1-2-20(26)13-7-16-17-10(6-11-14(21)4-3-5-15(11)22-17)8-23(16)18(24)12(13)9-27-19(20)25;/h3-7,26H,2,8-9,21H2,1H3;. The van der Waals surface area contributed by atoms with Gasteiger partial charge in [0, 0.05) is 66.3 Å². The third-order valence-corrected chi connectivity index (χ3v) is 5.59. The molecule has 0 fully saturated rings. The van der Waals surface area contributed by atoms with Crippen molar-refractivity contribution >= 4 is 22.6 Å². The quantitative estimate of drug-likeness (QED) is 0.258. The molecular formula is C20H17AcN3O4. The minimum absolute atomic E-state index is 0. The van der Waals surface area contributed by atoms with E-state index in [-0.39, 0.29) is 62.6 Å². The molecule has 2 aromatic heterocycles. The minimum Gasteiger partial charge on any atom is -0.458 e. The Morgan fingerprint density at radius 3 is 2.86 bits per heavy atom. The Kier molecular flexibility index (Phi) is 4.65. The summed E-state index contributed by atoms with van der Waals surface area (Å²) in [6, 6.07) is 9.17. The molecule has 5 rings (SSSR count). The van der Waals surface area contributed by atoms with E-state index >= 15 is 0 Å². The smallest absolute Gasteiger partial charge is 0.343 e. The number of aliphatic hydroxyl groups is 1. The number of anilines is 1. The van der Waals surface area contributed by atoms with Gasteiger partial charge in [0.05, 0.1) is 29.0 Å². The molecule has 0 spiro atoms. The Morgan fingerprint density at radius 1 is 1.32 bits per heavy atom. The topological polar surface area (TPSA) is 107 Å². The number of hydrogen-bond acceptors (Lipinski definition) is 6. The number of carbonyl (C=O) groups is 1. The van der Waals surface area contributed by atoms with Gasteiger partial charge in [0.15, 0.2) is 5.60 Å². The molecule has 2 aliphatic heterocycles. The van der Waals surface area contributed by atoms with Gasteiger partial charge in [-0.3, -0.25) is 4.79 Å². The van der Waals surface area contributed by atoms with Gasteiger partial charge in [-0.25, -0.2) is 9.78 Å². The Bertz CT molecular complexity index is 1220. The van der Waals surface area contributed by atoms with Crippen molar-refractivity contribution in [1.82, 2.24) is 9.55 Å². The SMILES string of the molecule is CCC1(O)C(=O)OCc2c1cc1n(c2=O)Cc2cc3c(N)cccc3nc2-1.[Ac]. The van der Waals surface area contributed by atoms with Crippen molar-refractivity contribution in [2.45, 2.75) is 32.1 Å². The average Bonchev–Trinajstić information content (AvgIpc) is 3.02. The number of nitrogen functional groups attached to an aromatic ring is 1. The summed E-state index contributed by atoms with van der Waals surface area (Å²) in [6.07, 6.45) is 0.121. The van der Waals surface area contributed by atoms with Crippen molar-refractivity contribution in [3.05, 3.63) is 57.4 Å². The van der Waals surface area contributed by atoms with Crippen LogP contribution in [0.15, 0.2) is 35.1 Å². The van der Waals surface area contributed by atoms with Gasteiger partial charge in [-0.05, 0) is 30.7 Å². The van der Waals surface area contributed by atoms with E-state index in [0.717, 1.165) is 16.5 Å². The Hall–Kier alpha value is -1.75. The number of hydrogen-bond donors (Lipinski definition) is 2. The summed E-state index contributed by atoms with van der Waals surface area (Å²) in [5.41, 5.74) is 8.13. The van der Waals surface area contributed by atoms with Gasteiger partial charge in [0.2, 0.25) is 0 Å². The molecule has 2 aliphatic rings. The van der Waals surface area contributed by atoms with Crippen molar-refractivity contribution in [2.24, 2.45) is 0 Å². The van der Waals surface area contributed by atoms with E-state index in [9.17, 15) is 14.7 Å². The van der Waals surface area contributed by atoms with E-state index in [1.807, 2.05) is 24.3 Å². The van der Waals surface area contributed by atoms with Crippen molar-refractivity contribution in [1.29, 1.82) is 0 Å². The molecule has 0 bridgehead atoms. The van der Waals surface area contributed by atoms with Crippen LogP contribution in [0, 0.1) is 44.1 Å². The fraction of sp³-hybridized carbons (Fsp3) is 0.250. The third-order valence-electron chi connectivity index (χ3n) is 5.59. The van der Waals surface area contributed by atoms with Crippen LogP contribution in [0.3, 0.4) is 0 Å². The summed E-state index contributed by atoms with van der Waals surface area (Å²) in [5.74, 6) is -0.723. The molecule has 0 saturated heterocycles. The molecule has 1 aromatic carbocycles. The van der Waals surface area contributed by atoms with Crippen LogP contribution in [0.5, 0.6) is 0 Å². The van der Waals surface area contributed by atoms with E-state index in [1.54, 1.807) is 17.6 Å². The zero-order valence-corrected chi connectivity index (χ0v) is 20.0. The molecule has 139 valence electrons. The van der Waals surface area contributed by atoms with Crippen LogP contribution in [-0.4, -0.2) is 20.6 Å². The van der Waals surface area contributed by atoms with Gasteiger partial charge in [0.25, 0.3) is 5.56 Å². The first-order valence-electron chi connectivity index (χ1n) is 8.79. The number of fused-ring (bicyclic) bond motifs is 5. The Morgan fingerprint density at radius 2 is 2.11 bits per heavy atom. The van der Waals surface area contributed by atoms with Crippen molar-refractivity contribution < 1.29 is 58.7 Å². The van der Waals surface area contributed by atoms with Crippen molar-refractivity contribution in [3.63, 3.8) is 0 Å². The maximum absolute atomic E-state index is 13.1. The normalized spacial score (nSPS) is 19.4. The molecule has 3 aromatic rings. The number of benzene rings is 1. The molecule has 0 aliphatic carbocycles. The summed E-state index contributed by atoms with van der Waals surface area (Å²) in [5, 5.41) is 11.7. The fourth-order valence-corrected chi connectivity index (χ4v) is 4.03. The van der Waals surface area contributed by atoms with Crippen LogP contribution >= 0.6 is 0 Å². The Balaban J connectivity index is 0.00000192. The van der Waals surface area contributed by atoms with Gasteiger partial charge in [-0.15, -0.1) is 0 Å². The second kappa shape index (κ2) is 6.65. The number of cyclic esters (lactones) is 1. The maximum Gasteiger partial charge on any atom is 0.343 e. The Labute approximate surface area is 196 Å². The average molecular weight is 590 g/mol. The minimum atomic E-state index is -1.81. The van der Waals surface area contributed by atoms with Crippen LogP contribution in [0.2, 0.25) is 0 Å². The number of pyridine rings is 2. The summed E-state index contributed by atoms with van der Waals surface area (Å²) < 4.78 is 6.68. The molecule has 3 N–H and O–H groups in total. The molecule has 0 saturated carbocycles. The first kappa shape index (κ1) is 19.6. The number of carbonyl (C=O) groups excluding carboxylic acids is 1. The molecule has 0 amide bonds. The van der Waals surface area contributed by atoms with Gasteiger partial charge < -0.3 is 20.1 Å². The number of nitrogens with two attached hydrogens (primary N) is 1. The van der Waals surface area contributed by atoms with Crippen molar-refractivity contribution in [2.75, 3.05) is 5.73 Å². The largest absolute Gasteiger partial charge is 0.458 e. The van der Waals surface area contributed by atoms with E-state index in [4.69, 9.17) is 15.5 Å². The van der Waals surface area contributed by atoms with Gasteiger partial charge >= 0.3 is 5.97 Å². The number of ether oxygens (including phenoxy) is 1. The van der Waals surface area contributed by atoms with Crippen LogP contribution in [0.1, 0.15) is 30.0 Å².